The van der Waals surface area contributed by atoms with Crippen LogP contribution in [0.1, 0.15) is 40.8 Å². The molecule has 3 aliphatic rings. The second kappa shape index (κ2) is 9.46. The average Bonchev–Trinajstić information content (AvgIpc) is 3.62. The zero-order chi connectivity index (χ0) is 26.5. The predicted molar refractivity (Wildman–Crippen MR) is 168 cm³/mol. The molecule has 5 aromatic rings. The van der Waals surface area contributed by atoms with Gasteiger partial charge in [-0.15, -0.1) is 0 Å². The molecule has 0 amide bonds. The van der Waals surface area contributed by atoms with Crippen LogP contribution >= 0.6 is 0 Å². The first-order valence-corrected chi connectivity index (χ1v) is 14.3. The van der Waals surface area contributed by atoms with Crippen molar-refractivity contribution in [2.24, 2.45) is 0 Å². The first-order valence-electron chi connectivity index (χ1n) is 14.3. The maximum absolute atomic E-state index is 3.49. The Hall–Kier alpha value is -4.76. The Morgan fingerprint density at radius 3 is 2.25 bits per heavy atom. The van der Waals surface area contributed by atoms with Crippen LogP contribution in [-0.4, -0.2) is 11.1 Å². The highest BCUT2D eigenvalue weighted by Crippen LogP contribution is 2.49. The Balaban J connectivity index is 1.43. The van der Waals surface area contributed by atoms with Crippen LogP contribution in [0, 0.1) is 0 Å². The van der Waals surface area contributed by atoms with Crippen molar-refractivity contribution in [3.05, 3.63) is 143 Å². The number of rotatable bonds is 4. The van der Waals surface area contributed by atoms with Crippen molar-refractivity contribution in [2.45, 2.75) is 25.8 Å². The highest BCUT2D eigenvalue weighted by atomic mass is 15.2. The molecule has 194 valence electrons. The lowest BCUT2D eigenvalue weighted by Gasteiger charge is -2.23. The number of fused-ring (bicyclic) bond motifs is 5. The number of benzene rings is 4. The first kappa shape index (κ1) is 23.2. The third-order valence-electron chi connectivity index (χ3n) is 8.61. The molecule has 0 unspecified atom stereocenters. The smallest absolute Gasteiger partial charge is 0.0565 e. The quantitative estimate of drug-likeness (QED) is 0.257. The molecule has 0 saturated heterocycles. The minimum atomic E-state index is 0.811. The zero-order valence-corrected chi connectivity index (χ0v) is 22.5. The van der Waals surface area contributed by atoms with E-state index in [0.29, 0.717) is 0 Å². The molecule has 4 aromatic carbocycles. The van der Waals surface area contributed by atoms with E-state index in [-0.39, 0.29) is 0 Å². The molecule has 0 atom stereocenters. The molecule has 1 N–H and O–H groups in total. The van der Waals surface area contributed by atoms with Gasteiger partial charge < -0.3 is 14.8 Å². The van der Waals surface area contributed by atoms with Crippen LogP contribution in [0.25, 0.3) is 33.8 Å². The maximum atomic E-state index is 3.49. The highest BCUT2D eigenvalue weighted by Gasteiger charge is 2.32. The van der Waals surface area contributed by atoms with Crippen LogP contribution in [0.15, 0.2) is 115 Å². The van der Waals surface area contributed by atoms with Gasteiger partial charge in [0.25, 0.3) is 0 Å². The fourth-order valence-electron chi connectivity index (χ4n) is 6.85. The van der Waals surface area contributed by atoms with Crippen LogP contribution in [0.4, 0.5) is 11.4 Å². The molecule has 3 nitrogen and oxygen atoms in total. The van der Waals surface area contributed by atoms with Gasteiger partial charge in [0, 0.05) is 28.9 Å². The predicted octanol–water partition coefficient (Wildman–Crippen LogP) is 8.66. The topological polar surface area (TPSA) is 20.2 Å². The van der Waals surface area contributed by atoms with Crippen molar-refractivity contribution in [1.29, 1.82) is 0 Å². The summed E-state index contributed by atoms with van der Waals surface area (Å²) < 4.78 is 2.48. The van der Waals surface area contributed by atoms with E-state index >= 15 is 0 Å². The molecule has 0 bridgehead atoms. The van der Waals surface area contributed by atoms with Crippen molar-refractivity contribution in [1.82, 2.24) is 9.88 Å². The number of hydrogen-bond donors (Lipinski definition) is 1. The summed E-state index contributed by atoms with van der Waals surface area (Å²) in [4.78, 5) is 2.55. The lowest BCUT2D eigenvalue weighted by atomic mass is 9.87. The Bertz CT molecular complexity index is 1820. The molecule has 40 heavy (non-hydrogen) atoms. The fourth-order valence-corrected chi connectivity index (χ4v) is 6.85. The molecule has 2 aliphatic heterocycles. The molecular weight excluding hydrogens is 486 g/mol. The van der Waals surface area contributed by atoms with Crippen molar-refractivity contribution in [2.75, 3.05) is 11.4 Å². The molecule has 0 radical (unpaired) electrons. The summed E-state index contributed by atoms with van der Waals surface area (Å²) >= 11 is 0. The van der Waals surface area contributed by atoms with E-state index in [1.807, 2.05) is 0 Å². The third kappa shape index (κ3) is 3.65. The van der Waals surface area contributed by atoms with Crippen molar-refractivity contribution >= 4 is 39.5 Å². The SMILES string of the molecule is C1=Cc2c(n(-c3ccccc3)c3cc(C4=CCCC(c5ccccc5)=C4)c4c(c23)N(c2ccccc2)CC4)CN1. The Kier molecular flexibility index (Phi) is 5.48. The molecule has 0 spiro atoms. The van der Waals surface area contributed by atoms with E-state index in [2.05, 4.69) is 136 Å². The normalized spacial score (nSPS) is 15.8. The van der Waals surface area contributed by atoms with Gasteiger partial charge in [0.2, 0.25) is 0 Å². The van der Waals surface area contributed by atoms with Crippen LogP contribution in [0.3, 0.4) is 0 Å². The first-order chi connectivity index (χ1) is 19.9. The summed E-state index contributed by atoms with van der Waals surface area (Å²) in [5.41, 5.74) is 14.7. The Morgan fingerprint density at radius 2 is 1.48 bits per heavy atom. The van der Waals surface area contributed by atoms with Gasteiger partial charge in [-0.1, -0.05) is 78.9 Å². The summed E-state index contributed by atoms with van der Waals surface area (Å²) in [6, 6.07) is 35.1. The Labute approximate surface area is 235 Å². The number of aromatic nitrogens is 1. The third-order valence-corrected chi connectivity index (χ3v) is 8.61. The van der Waals surface area contributed by atoms with E-state index in [1.165, 1.54) is 67.1 Å². The molecule has 3 heterocycles. The zero-order valence-electron chi connectivity index (χ0n) is 22.5. The second-order valence-electron chi connectivity index (χ2n) is 10.9. The molecule has 1 aliphatic carbocycles. The number of allylic oxidation sites excluding steroid dienone is 4. The standard InChI is InChI=1S/C37H31N3/c1-4-11-26(12-5-1)27-13-10-14-28(23-27)33-24-34-36(37-31(33)20-22-39(37)29-15-6-2-7-16-29)32-19-21-38-25-35(32)40(34)30-17-8-3-9-18-30/h1-9,11-12,14-19,21,23-24,38H,10,13,20,22,25H2. The number of nitrogens with one attached hydrogen (secondary N) is 1. The van der Waals surface area contributed by atoms with Gasteiger partial charge in [0.05, 0.1) is 23.4 Å². The van der Waals surface area contributed by atoms with E-state index < -0.39 is 0 Å². The largest absolute Gasteiger partial charge is 0.385 e. The van der Waals surface area contributed by atoms with Gasteiger partial charge in [-0.05, 0) is 89.7 Å². The number of para-hydroxylation sites is 2. The minimum Gasteiger partial charge on any atom is -0.385 e. The number of hydrogen-bond acceptors (Lipinski definition) is 2. The van der Waals surface area contributed by atoms with Crippen molar-refractivity contribution < 1.29 is 0 Å². The van der Waals surface area contributed by atoms with Gasteiger partial charge in [-0.25, -0.2) is 0 Å². The molecule has 8 rings (SSSR count). The Morgan fingerprint density at radius 1 is 0.750 bits per heavy atom. The average molecular weight is 518 g/mol. The minimum absolute atomic E-state index is 0.811. The van der Waals surface area contributed by atoms with E-state index in [4.69, 9.17) is 0 Å². The van der Waals surface area contributed by atoms with Crippen LogP contribution in [-0.2, 0) is 13.0 Å². The number of nitrogens with zero attached hydrogens (tertiary/aromatic N) is 2. The molecule has 3 heteroatoms. The monoisotopic (exact) mass is 517 g/mol. The molecule has 1 aromatic heterocycles. The van der Waals surface area contributed by atoms with Crippen LogP contribution in [0.2, 0.25) is 0 Å². The van der Waals surface area contributed by atoms with Gasteiger partial charge in [-0.2, -0.15) is 0 Å². The molecule has 0 saturated carbocycles. The van der Waals surface area contributed by atoms with Gasteiger partial charge in [-0.3, -0.25) is 0 Å². The molecule has 0 fully saturated rings. The van der Waals surface area contributed by atoms with Gasteiger partial charge >= 0.3 is 0 Å². The lowest BCUT2D eigenvalue weighted by Crippen LogP contribution is -2.14. The van der Waals surface area contributed by atoms with Crippen molar-refractivity contribution in [3.8, 4) is 5.69 Å². The summed E-state index contributed by atoms with van der Waals surface area (Å²) in [6.07, 6.45) is 12.5. The van der Waals surface area contributed by atoms with E-state index in [0.717, 1.165) is 32.4 Å². The van der Waals surface area contributed by atoms with E-state index in [9.17, 15) is 0 Å². The highest BCUT2D eigenvalue weighted by molar-refractivity contribution is 6.08. The summed E-state index contributed by atoms with van der Waals surface area (Å²) in [5, 5.41) is 4.85. The van der Waals surface area contributed by atoms with E-state index in [1.54, 1.807) is 0 Å². The van der Waals surface area contributed by atoms with Gasteiger partial charge in [0.15, 0.2) is 0 Å². The second-order valence-corrected chi connectivity index (χ2v) is 10.9. The molecular formula is C37H31N3. The summed E-state index contributed by atoms with van der Waals surface area (Å²) in [6.45, 7) is 1.80. The lowest BCUT2D eigenvalue weighted by molar-refractivity contribution is 0.803. The summed E-state index contributed by atoms with van der Waals surface area (Å²) in [5.74, 6) is 0. The van der Waals surface area contributed by atoms with Crippen LogP contribution in [0.5, 0.6) is 0 Å². The number of anilines is 2. The fraction of sp³-hybridized carbons (Fsp3) is 0.135. The maximum Gasteiger partial charge on any atom is 0.0565 e. The summed E-state index contributed by atoms with van der Waals surface area (Å²) in [7, 11) is 0. The van der Waals surface area contributed by atoms with Crippen molar-refractivity contribution in [3.63, 3.8) is 0 Å². The van der Waals surface area contributed by atoms with Gasteiger partial charge in [0.1, 0.15) is 0 Å². The van der Waals surface area contributed by atoms with Crippen LogP contribution < -0.4 is 10.2 Å².